The molecule has 1 atom stereocenters. The normalized spacial score (nSPS) is 13.2. The van der Waals surface area contributed by atoms with Crippen molar-refractivity contribution in [2.75, 3.05) is 14.2 Å². The van der Waals surface area contributed by atoms with Gasteiger partial charge in [-0.3, -0.25) is 20.1 Å². The Labute approximate surface area is 194 Å². The molecule has 2 aromatic carbocycles. The standard InChI is InChI=1S/C25H29N3O4Si/c1-28(24(31)18-8-15-22(29)27-16-18)25(26,19-9-11-20(32-2)12-10-19)23(30)17-6-13-21(14-7-17)33(3,4)5/h6-16H,26H2,1-5H3,(H,27,29). The SMILES string of the molecule is COc1ccc(C(N)(C(=O)c2ccc([Si](C)(C)C)cc2)N(C)C(=O)c2ccc(=O)[nH]c2)cc1. The number of ketones is 1. The summed E-state index contributed by atoms with van der Waals surface area (Å²) in [5.74, 6) is -0.325. The van der Waals surface area contributed by atoms with E-state index in [9.17, 15) is 14.4 Å². The highest BCUT2D eigenvalue weighted by Crippen LogP contribution is 2.29. The van der Waals surface area contributed by atoms with Crippen LogP contribution < -0.4 is 21.2 Å². The summed E-state index contributed by atoms with van der Waals surface area (Å²) in [4.78, 5) is 42.2. The monoisotopic (exact) mass is 463 g/mol. The van der Waals surface area contributed by atoms with Gasteiger partial charge < -0.3 is 14.6 Å². The van der Waals surface area contributed by atoms with Gasteiger partial charge >= 0.3 is 0 Å². The number of ether oxygens (including phenoxy) is 1. The number of amides is 1. The van der Waals surface area contributed by atoms with Crippen molar-refractivity contribution in [3.8, 4) is 5.75 Å². The second-order valence-electron chi connectivity index (χ2n) is 8.96. The highest BCUT2D eigenvalue weighted by molar-refractivity contribution is 6.88. The van der Waals surface area contributed by atoms with E-state index < -0.39 is 25.4 Å². The van der Waals surface area contributed by atoms with E-state index in [2.05, 4.69) is 24.6 Å². The molecule has 3 N–H and O–H groups in total. The predicted molar refractivity (Wildman–Crippen MR) is 132 cm³/mol. The van der Waals surface area contributed by atoms with Crippen molar-refractivity contribution in [1.82, 2.24) is 9.88 Å². The number of aromatic nitrogens is 1. The summed E-state index contributed by atoms with van der Waals surface area (Å²) >= 11 is 0. The van der Waals surface area contributed by atoms with Crippen molar-refractivity contribution in [3.63, 3.8) is 0 Å². The summed E-state index contributed by atoms with van der Waals surface area (Å²) in [6, 6.07) is 16.8. The molecule has 0 radical (unpaired) electrons. The fourth-order valence-corrected chi connectivity index (χ4v) is 4.73. The van der Waals surface area contributed by atoms with Gasteiger partial charge in [0.1, 0.15) is 5.75 Å². The van der Waals surface area contributed by atoms with Crippen LogP contribution in [-0.4, -0.2) is 43.8 Å². The van der Waals surface area contributed by atoms with E-state index in [-0.39, 0.29) is 11.1 Å². The molecule has 0 bridgehead atoms. The molecule has 1 aromatic heterocycles. The zero-order valence-corrected chi connectivity index (χ0v) is 20.5. The number of nitrogens with one attached hydrogen (secondary N) is 1. The van der Waals surface area contributed by atoms with Crippen LogP contribution in [0.4, 0.5) is 0 Å². The highest BCUT2D eigenvalue weighted by atomic mass is 28.3. The van der Waals surface area contributed by atoms with E-state index in [4.69, 9.17) is 10.5 Å². The number of carbonyl (C=O) groups is 2. The van der Waals surface area contributed by atoms with Crippen molar-refractivity contribution in [2.45, 2.75) is 25.3 Å². The van der Waals surface area contributed by atoms with Crippen LogP contribution in [0.15, 0.2) is 71.7 Å². The first kappa shape index (κ1) is 24.2. The lowest BCUT2D eigenvalue weighted by Gasteiger charge is -2.38. The van der Waals surface area contributed by atoms with Gasteiger partial charge in [-0.1, -0.05) is 61.2 Å². The van der Waals surface area contributed by atoms with Gasteiger partial charge in [-0.15, -0.1) is 0 Å². The summed E-state index contributed by atoms with van der Waals surface area (Å²) in [6.45, 7) is 6.68. The van der Waals surface area contributed by atoms with Crippen LogP contribution in [0.1, 0.15) is 26.3 Å². The van der Waals surface area contributed by atoms with Crippen LogP contribution in [0, 0.1) is 0 Å². The molecule has 0 aliphatic carbocycles. The number of likely N-dealkylation sites (N-methyl/N-ethyl adjacent to an activating group) is 1. The van der Waals surface area contributed by atoms with E-state index in [0.29, 0.717) is 16.9 Å². The number of Topliss-reactive ketones (excluding diaryl/α,β-unsaturated/α-hetero) is 1. The largest absolute Gasteiger partial charge is 0.497 e. The predicted octanol–water partition coefficient (Wildman–Crippen LogP) is 2.70. The van der Waals surface area contributed by atoms with Crippen LogP contribution in [-0.2, 0) is 5.66 Å². The Bertz CT molecular complexity index is 1190. The summed E-state index contributed by atoms with van der Waals surface area (Å²) in [6.07, 6.45) is 1.31. The molecule has 1 amide bonds. The molecule has 33 heavy (non-hydrogen) atoms. The maximum atomic E-state index is 13.8. The Morgan fingerprint density at radius 3 is 2.00 bits per heavy atom. The number of H-pyrrole nitrogens is 1. The number of carbonyl (C=O) groups excluding carboxylic acids is 2. The Hall–Kier alpha value is -3.49. The molecule has 0 spiro atoms. The third-order valence-electron chi connectivity index (χ3n) is 5.75. The number of methoxy groups -OCH3 is 1. The summed E-state index contributed by atoms with van der Waals surface area (Å²) in [5, 5.41) is 1.21. The first-order chi connectivity index (χ1) is 15.5. The lowest BCUT2D eigenvalue weighted by molar-refractivity contribution is 0.0476. The Balaban J connectivity index is 2.09. The minimum Gasteiger partial charge on any atom is -0.497 e. The topological polar surface area (TPSA) is 105 Å². The molecule has 0 saturated heterocycles. The first-order valence-corrected chi connectivity index (χ1v) is 14.0. The number of benzene rings is 2. The lowest BCUT2D eigenvalue weighted by atomic mass is 9.89. The number of rotatable bonds is 7. The molecular weight excluding hydrogens is 434 g/mol. The number of hydrogen-bond donors (Lipinski definition) is 2. The summed E-state index contributed by atoms with van der Waals surface area (Å²) in [7, 11) is 1.47. The Morgan fingerprint density at radius 1 is 0.939 bits per heavy atom. The second-order valence-corrected chi connectivity index (χ2v) is 14.0. The molecule has 172 valence electrons. The average Bonchev–Trinajstić information content (AvgIpc) is 2.82. The Kier molecular flexibility index (Phi) is 6.71. The van der Waals surface area contributed by atoms with Crippen molar-refractivity contribution in [1.29, 1.82) is 0 Å². The maximum Gasteiger partial charge on any atom is 0.257 e. The van der Waals surface area contributed by atoms with Crippen molar-refractivity contribution >= 4 is 25.0 Å². The highest BCUT2D eigenvalue weighted by Gasteiger charge is 2.43. The van der Waals surface area contributed by atoms with Gasteiger partial charge in [0.25, 0.3) is 5.91 Å². The molecule has 3 aromatic rings. The maximum absolute atomic E-state index is 13.8. The van der Waals surface area contributed by atoms with Crippen LogP contribution in [0.3, 0.4) is 0 Å². The van der Waals surface area contributed by atoms with Gasteiger partial charge in [-0.25, -0.2) is 0 Å². The molecule has 7 nitrogen and oxygen atoms in total. The van der Waals surface area contributed by atoms with Gasteiger partial charge in [0.05, 0.1) is 20.7 Å². The van der Waals surface area contributed by atoms with Gasteiger partial charge in [0.2, 0.25) is 11.3 Å². The van der Waals surface area contributed by atoms with E-state index in [1.165, 1.54) is 35.5 Å². The molecule has 1 unspecified atom stereocenters. The van der Waals surface area contributed by atoms with Crippen LogP contribution >= 0.6 is 0 Å². The quantitative estimate of drug-likeness (QED) is 0.318. The van der Waals surface area contributed by atoms with Gasteiger partial charge in [-0.05, 0) is 18.2 Å². The minimum atomic E-state index is -1.79. The third kappa shape index (κ3) is 4.81. The molecule has 0 saturated carbocycles. The molecule has 0 aliphatic heterocycles. The zero-order chi connectivity index (χ0) is 24.4. The van der Waals surface area contributed by atoms with Crippen molar-refractivity contribution in [2.24, 2.45) is 5.73 Å². The first-order valence-electron chi connectivity index (χ1n) is 10.5. The van der Waals surface area contributed by atoms with E-state index in [1.807, 2.05) is 12.1 Å². The fourth-order valence-electron chi connectivity index (χ4n) is 3.56. The van der Waals surface area contributed by atoms with E-state index in [1.54, 1.807) is 43.5 Å². The molecule has 0 fully saturated rings. The summed E-state index contributed by atoms with van der Waals surface area (Å²) < 4.78 is 5.22. The van der Waals surface area contributed by atoms with Gasteiger partial charge in [-0.2, -0.15) is 0 Å². The number of aromatic amines is 1. The average molecular weight is 464 g/mol. The number of pyridine rings is 1. The molecule has 0 aliphatic rings. The molecule has 1 heterocycles. The van der Waals surface area contributed by atoms with Crippen LogP contribution in [0.5, 0.6) is 5.75 Å². The summed E-state index contributed by atoms with van der Waals surface area (Å²) in [5.41, 5.74) is 5.69. The van der Waals surface area contributed by atoms with E-state index in [0.717, 1.165) is 0 Å². The van der Waals surface area contributed by atoms with Gasteiger partial charge in [0, 0.05) is 30.4 Å². The third-order valence-corrected chi connectivity index (χ3v) is 7.82. The van der Waals surface area contributed by atoms with Gasteiger partial charge in [0.15, 0.2) is 5.66 Å². The minimum absolute atomic E-state index is 0.210. The van der Waals surface area contributed by atoms with Crippen molar-refractivity contribution < 1.29 is 14.3 Å². The lowest BCUT2D eigenvalue weighted by Crippen LogP contribution is -2.59. The van der Waals surface area contributed by atoms with Crippen LogP contribution in [0.25, 0.3) is 0 Å². The number of hydrogen-bond acceptors (Lipinski definition) is 5. The van der Waals surface area contributed by atoms with Crippen LogP contribution in [0.2, 0.25) is 19.6 Å². The van der Waals surface area contributed by atoms with Crippen molar-refractivity contribution in [3.05, 3.63) is 93.9 Å². The molecular formula is C25H29N3O4Si. The fraction of sp³-hybridized carbons (Fsp3) is 0.240. The molecule has 8 heteroatoms. The number of nitrogens with two attached hydrogens (primary N) is 1. The molecule has 3 rings (SSSR count). The van der Waals surface area contributed by atoms with E-state index >= 15 is 0 Å². The smallest absolute Gasteiger partial charge is 0.257 e. The Morgan fingerprint density at radius 2 is 1.52 bits per heavy atom. The zero-order valence-electron chi connectivity index (χ0n) is 19.5. The second kappa shape index (κ2) is 9.17. The number of nitrogens with zero attached hydrogens (tertiary/aromatic N) is 1.